The summed E-state index contributed by atoms with van der Waals surface area (Å²) in [4.78, 5) is 25.5. The molecule has 0 saturated heterocycles. The van der Waals surface area contributed by atoms with Crippen LogP contribution in [0, 0.1) is 0 Å². The van der Waals surface area contributed by atoms with E-state index in [0.29, 0.717) is 10.9 Å². The van der Waals surface area contributed by atoms with Crippen molar-refractivity contribution in [3.8, 4) is 0 Å². The maximum atomic E-state index is 12.9. The highest BCUT2D eigenvalue weighted by atomic mass is 32.1. The lowest BCUT2D eigenvalue weighted by atomic mass is 9.99. The van der Waals surface area contributed by atoms with Gasteiger partial charge in [-0.2, -0.15) is 0 Å². The Hall–Kier alpha value is -2.78. The third-order valence-electron chi connectivity index (χ3n) is 4.14. The summed E-state index contributed by atoms with van der Waals surface area (Å²) >= 11 is 1.59. The molecule has 1 heterocycles. The average molecular weight is 330 g/mol. The van der Waals surface area contributed by atoms with Gasteiger partial charge in [0.1, 0.15) is 0 Å². The Kier molecular flexibility index (Phi) is 3.71. The van der Waals surface area contributed by atoms with Crippen LogP contribution in [0.25, 0.3) is 20.2 Å². The second kappa shape index (κ2) is 6.02. The summed E-state index contributed by atoms with van der Waals surface area (Å²) in [6, 6.07) is 22.6. The highest BCUT2D eigenvalue weighted by molar-refractivity contribution is 7.24. The van der Waals surface area contributed by atoms with Crippen molar-refractivity contribution in [2.45, 2.75) is 6.42 Å². The van der Waals surface area contributed by atoms with Crippen molar-refractivity contribution >= 4 is 37.3 Å². The second-order valence-electron chi connectivity index (χ2n) is 5.68. The molecule has 0 amide bonds. The van der Waals surface area contributed by atoms with Crippen molar-refractivity contribution in [2.75, 3.05) is 0 Å². The minimum Gasteiger partial charge on any atom is -0.294 e. The van der Waals surface area contributed by atoms with E-state index >= 15 is 0 Å². The van der Waals surface area contributed by atoms with Gasteiger partial charge in [-0.1, -0.05) is 54.6 Å². The first-order chi connectivity index (χ1) is 11.7. The Morgan fingerprint density at radius 1 is 0.792 bits per heavy atom. The third-order valence-corrected chi connectivity index (χ3v) is 5.27. The summed E-state index contributed by atoms with van der Waals surface area (Å²) in [6.07, 6.45) is 0.238. The standard InChI is InChI=1S/C21H14O2S/c22-17(14-7-2-1-3-8-14)13-15-9-6-12-19-20(15)21(23)16-10-4-5-11-18(16)24-19/h1-12H,13H2. The monoisotopic (exact) mass is 330 g/mol. The number of benzene rings is 3. The third kappa shape index (κ3) is 2.53. The van der Waals surface area contributed by atoms with Crippen molar-refractivity contribution in [3.63, 3.8) is 0 Å². The van der Waals surface area contributed by atoms with Gasteiger partial charge in [-0.3, -0.25) is 9.59 Å². The van der Waals surface area contributed by atoms with E-state index in [1.54, 1.807) is 11.3 Å². The van der Waals surface area contributed by atoms with Crippen LogP contribution in [-0.2, 0) is 6.42 Å². The van der Waals surface area contributed by atoms with Gasteiger partial charge in [0.15, 0.2) is 11.2 Å². The van der Waals surface area contributed by atoms with Crippen LogP contribution in [0.4, 0.5) is 0 Å². The maximum Gasteiger partial charge on any atom is 0.196 e. The molecule has 0 aliphatic carbocycles. The Morgan fingerprint density at radius 3 is 2.33 bits per heavy atom. The fraction of sp³-hybridized carbons (Fsp3) is 0.0476. The lowest BCUT2D eigenvalue weighted by Gasteiger charge is -2.07. The van der Waals surface area contributed by atoms with Crippen molar-refractivity contribution in [1.29, 1.82) is 0 Å². The summed E-state index contributed by atoms with van der Waals surface area (Å²) in [5.74, 6) is 0.0284. The van der Waals surface area contributed by atoms with Crippen molar-refractivity contribution in [2.24, 2.45) is 0 Å². The van der Waals surface area contributed by atoms with Crippen LogP contribution in [0.2, 0.25) is 0 Å². The number of hydrogen-bond acceptors (Lipinski definition) is 3. The molecule has 24 heavy (non-hydrogen) atoms. The van der Waals surface area contributed by atoms with Gasteiger partial charge in [0.25, 0.3) is 0 Å². The number of carbonyl (C=O) groups excluding carboxylic acids is 1. The van der Waals surface area contributed by atoms with Crippen molar-refractivity contribution in [1.82, 2.24) is 0 Å². The highest BCUT2D eigenvalue weighted by Gasteiger charge is 2.13. The number of carbonyl (C=O) groups is 1. The van der Waals surface area contributed by atoms with Gasteiger partial charge < -0.3 is 0 Å². The van der Waals surface area contributed by atoms with Gasteiger partial charge in [0, 0.05) is 32.2 Å². The Balaban J connectivity index is 1.88. The van der Waals surface area contributed by atoms with Gasteiger partial charge >= 0.3 is 0 Å². The van der Waals surface area contributed by atoms with Gasteiger partial charge in [0.2, 0.25) is 0 Å². The largest absolute Gasteiger partial charge is 0.294 e. The molecule has 0 radical (unpaired) electrons. The molecule has 0 unspecified atom stereocenters. The highest BCUT2D eigenvalue weighted by Crippen LogP contribution is 2.27. The van der Waals surface area contributed by atoms with E-state index in [2.05, 4.69) is 0 Å². The molecular weight excluding hydrogens is 316 g/mol. The van der Waals surface area contributed by atoms with Gasteiger partial charge in [-0.15, -0.1) is 11.3 Å². The molecule has 3 heteroatoms. The fourth-order valence-corrected chi connectivity index (χ4v) is 4.09. The number of Topliss-reactive ketones (excluding diaryl/α,β-unsaturated/α-hetero) is 1. The van der Waals surface area contributed by atoms with E-state index in [1.807, 2.05) is 72.8 Å². The van der Waals surface area contributed by atoms with Crippen LogP contribution in [0.3, 0.4) is 0 Å². The maximum absolute atomic E-state index is 12.9. The Bertz CT molecular complexity index is 1110. The first kappa shape index (κ1) is 14.8. The molecule has 1 aromatic heterocycles. The lowest BCUT2D eigenvalue weighted by molar-refractivity contribution is 0.0993. The molecule has 4 aromatic rings. The lowest BCUT2D eigenvalue weighted by Crippen LogP contribution is -2.09. The molecule has 0 aliphatic heterocycles. The Morgan fingerprint density at radius 2 is 1.50 bits per heavy atom. The molecule has 2 nitrogen and oxygen atoms in total. The summed E-state index contributed by atoms with van der Waals surface area (Å²) in [5, 5.41) is 1.39. The average Bonchev–Trinajstić information content (AvgIpc) is 2.62. The fourth-order valence-electron chi connectivity index (χ4n) is 2.96. The zero-order valence-electron chi connectivity index (χ0n) is 12.9. The summed E-state index contributed by atoms with van der Waals surface area (Å²) in [7, 11) is 0. The van der Waals surface area contributed by atoms with Crippen LogP contribution >= 0.6 is 11.3 Å². The molecule has 0 N–H and O–H groups in total. The van der Waals surface area contributed by atoms with Crippen molar-refractivity contribution in [3.05, 3.63) is 94.1 Å². The summed E-state index contributed by atoms with van der Waals surface area (Å²) < 4.78 is 1.90. The van der Waals surface area contributed by atoms with Crippen LogP contribution in [0.1, 0.15) is 15.9 Å². The van der Waals surface area contributed by atoms with E-state index in [-0.39, 0.29) is 17.6 Å². The summed E-state index contributed by atoms with van der Waals surface area (Å²) in [5.41, 5.74) is 1.48. The molecule has 4 rings (SSSR count). The Labute approximate surface area is 143 Å². The topological polar surface area (TPSA) is 34.1 Å². The number of fused-ring (bicyclic) bond motifs is 2. The van der Waals surface area contributed by atoms with Crippen LogP contribution in [0.5, 0.6) is 0 Å². The normalized spacial score (nSPS) is 11.0. The van der Waals surface area contributed by atoms with E-state index in [9.17, 15) is 9.59 Å². The number of rotatable bonds is 3. The summed E-state index contributed by atoms with van der Waals surface area (Å²) in [6.45, 7) is 0. The van der Waals surface area contributed by atoms with Gasteiger partial charge in [0.05, 0.1) is 0 Å². The molecule has 0 bridgehead atoms. The van der Waals surface area contributed by atoms with E-state index in [4.69, 9.17) is 0 Å². The minimum absolute atomic E-state index is 0.0100. The quantitative estimate of drug-likeness (QED) is 0.398. The molecule has 0 spiro atoms. The SMILES string of the molecule is O=C(Cc1cccc2sc3ccccc3c(=O)c12)c1ccccc1. The van der Waals surface area contributed by atoms with Crippen LogP contribution in [-0.4, -0.2) is 5.78 Å². The first-order valence-electron chi connectivity index (χ1n) is 7.76. The molecule has 0 fully saturated rings. The van der Waals surface area contributed by atoms with Crippen LogP contribution in [0.15, 0.2) is 77.6 Å². The van der Waals surface area contributed by atoms with Crippen LogP contribution < -0.4 is 5.43 Å². The van der Waals surface area contributed by atoms with E-state index < -0.39 is 0 Å². The smallest absolute Gasteiger partial charge is 0.196 e. The number of ketones is 1. The molecule has 0 saturated carbocycles. The van der Waals surface area contributed by atoms with E-state index in [1.165, 1.54) is 0 Å². The molecule has 116 valence electrons. The van der Waals surface area contributed by atoms with E-state index in [0.717, 1.165) is 20.3 Å². The minimum atomic E-state index is 0.0100. The molecule has 3 aromatic carbocycles. The predicted octanol–water partition coefficient (Wildman–Crippen LogP) is 4.84. The number of hydrogen-bond donors (Lipinski definition) is 0. The van der Waals surface area contributed by atoms with Gasteiger partial charge in [-0.05, 0) is 23.8 Å². The predicted molar refractivity (Wildman–Crippen MR) is 100 cm³/mol. The molecular formula is C21H14O2S. The van der Waals surface area contributed by atoms with Crippen molar-refractivity contribution < 1.29 is 4.79 Å². The second-order valence-corrected chi connectivity index (χ2v) is 6.77. The zero-order valence-corrected chi connectivity index (χ0v) is 13.7. The molecule has 0 atom stereocenters. The molecule has 0 aliphatic rings. The van der Waals surface area contributed by atoms with Gasteiger partial charge in [-0.25, -0.2) is 0 Å². The zero-order chi connectivity index (χ0) is 16.5. The first-order valence-corrected chi connectivity index (χ1v) is 8.57.